The quantitative estimate of drug-likeness (QED) is 0.304. The molecule has 164 valence electrons. The molecule has 1 aliphatic heterocycles. The van der Waals surface area contributed by atoms with E-state index in [2.05, 4.69) is 0 Å². The second-order valence-electron chi connectivity index (χ2n) is 7.39. The Kier molecular flexibility index (Phi) is 6.04. The number of likely N-dealkylation sites (tertiary alicyclic amines) is 1. The number of nitrogens with zero attached hydrogens (tertiary/aromatic N) is 1. The van der Waals surface area contributed by atoms with E-state index in [9.17, 15) is 19.1 Å². The molecular formula is C24H19ClFNO4S. The van der Waals surface area contributed by atoms with Crippen molar-refractivity contribution in [3.63, 3.8) is 0 Å². The van der Waals surface area contributed by atoms with Crippen LogP contribution in [-0.2, 0) is 16.1 Å². The number of benzene rings is 2. The van der Waals surface area contributed by atoms with Crippen LogP contribution in [0.15, 0.2) is 59.5 Å². The molecule has 0 radical (unpaired) electrons. The SMILES string of the molecule is COc1c(Cl)cc(C)cc1/C(O)=C1\C(=O)C(=O)N(Cc2cccs2)C1c1ccc(F)cc1. The maximum atomic E-state index is 13.6. The number of aliphatic hydroxyl groups excluding tert-OH is 1. The van der Waals surface area contributed by atoms with Crippen LogP contribution in [0.1, 0.15) is 27.6 Å². The number of halogens is 2. The summed E-state index contributed by atoms with van der Waals surface area (Å²) < 4.78 is 19.0. The van der Waals surface area contributed by atoms with Gasteiger partial charge >= 0.3 is 0 Å². The zero-order chi connectivity index (χ0) is 23.0. The van der Waals surface area contributed by atoms with Crippen molar-refractivity contribution >= 4 is 40.4 Å². The van der Waals surface area contributed by atoms with Gasteiger partial charge in [-0.2, -0.15) is 0 Å². The number of ketones is 1. The first-order valence-corrected chi connectivity index (χ1v) is 11.0. The van der Waals surface area contributed by atoms with Gasteiger partial charge in [0.1, 0.15) is 17.3 Å². The normalized spacial score (nSPS) is 17.8. The molecule has 8 heteroatoms. The minimum atomic E-state index is -0.901. The second kappa shape index (κ2) is 8.76. The van der Waals surface area contributed by atoms with E-state index in [0.717, 1.165) is 10.4 Å². The van der Waals surface area contributed by atoms with Crippen LogP contribution in [0.25, 0.3) is 5.76 Å². The molecule has 3 aromatic rings. The van der Waals surface area contributed by atoms with E-state index in [4.69, 9.17) is 16.3 Å². The number of rotatable bonds is 5. The lowest BCUT2D eigenvalue weighted by molar-refractivity contribution is -0.140. The van der Waals surface area contributed by atoms with Crippen LogP contribution in [0.2, 0.25) is 5.02 Å². The van der Waals surface area contributed by atoms with E-state index in [0.29, 0.717) is 5.56 Å². The summed E-state index contributed by atoms with van der Waals surface area (Å²) in [5, 5.41) is 13.4. The van der Waals surface area contributed by atoms with Crippen molar-refractivity contribution in [2.45, 2.75) is 19.5 Å². The molecule has 1 aromatic heterocycles. The molecule has 0 spiro atoms. The highest BCUT2D eigenvalue weighted by atomic mass is 35.5. The Morgan fingerprint density at radius 3 is 2.56 bits per heavy atom. The number of hydrogen-bond donors (Lipinski definition) is 1. The first-order chi connectivity index (χ1) is 15.3. The number of carbonyl (C=O) groups excluding carboxylic acids is 2. The van der Waals surface area contributed by atoms with E-state index >= 15 is 0 Å². The summed E-state index contributed by atoms with van der Waals surface area (Å²) in [5.41, 5.74) is 1.35. The minimum absolute atomic E-state index is 0.0990. The molecule has 1 atom stereocenters. The highest BCUT2D eigenvalue weighted by molar-refractivity contribution is 7.09. The monoisotopic (exact) mass is 471 g/mol. The van der Waals surface area contributed by atoms with Crippen LogP contribution in [0.4, 0.5) is 4.39 Å². The van der Waals surface area contributed by atoms with E-state index in [-0.39, 0.29) is 28.5 Å². The lowest BCUT2D eigenvalue weighted by Gasteiger charge is -2.25. The third kappa shape index (κ3) is 3.89. The Morgan fingerprint density at radius 2 is 1.94 bits per heavy atom. The molecule has 1 fully saturated rings. The molecule has 5 nitrogen and oxygen atoms in total. The number of ether oxygens (including phenoxy) is 1. The Hall–Kier alpha value is -3.16. The summed E-state index contributed by atoms with van der Waals surface area (Å²) >= 11 is 7.73. The second-order valence-corrected chi connectivity index (χ2v) is 8.82. The van der Waals surface area contributed by atoms with Gasteiger partial charge in [-0.05, 0) is 53.8 Å². The Morgan fingerprint density at radius 1 is 1.22 bits per heavy atom. The first-order valence-electron chi connectivity index (χ1n) is 9.72. The number of methoxy groups -OCH3 is 1. The zero-order valence-electron chi connectivity index (χ0n) is 17.3. The molecule has 0 aliphatic carbocycles. The van der Waals surface area contributed by atoms with Gasteiger partial charge in [0.15, 0.2) is 0 Å². The summed E-state index contributed by atoms with van der Waals surface area (Å²) in [4.78, 5) is 28.4. The molecule has 1 saturated heterocycles. The van der Waals surface area contributed by atoms with Crippen molar-refractivity contribution < 1.29 is 23.8 Å². The molecule has 32 heavy (non-hydrogen) atoms. The lowest BCUT2D eigenvalue weighted by atomic mass is 9.94. The fourth-order valence-corrected chi connectivity index (χ4v) is 4.92. The van der Waals surface area contributed by atoms with Gasteiger partial charge in [-0.1, -0.05) is 29.8 Å². The maximum Gasteiger partial charge on any atom is 0.295 e. The molecule has 0 bridgehead atoms. The fraction of sp³-hybridized carbons (Fsp3) is 0.167. The number of aryl methyl sites for hydroxylation is 1. The van der Waals surface area contributed by atoms with Crippen LogP contribution in [0.3, 0.4) is 0 Å². The first kappa shape index (κ1) is 22.0. The highest BCUT2D eigenvalue weighted by Gasteiger charge is 2.46. The van der Waals surface area contributed by atoms with Crippen molar-refractivity contribution in [2.24, 2.45) is 0 Å². The number of hydrogen-bond acceptors (Lipinski definition) is 5. The van der Waals surface area contributed by atoms with Crippen LogP contribution >= 0.6 is 22.9 Å². The van der Waals surface area contributed by atoms with Crippen LogP contribution in [0, 0.1) is 12.7 Å². The standard InChI is InChI=1S/C24H19ClFNO4S/c1-13-10-17(23(31-2)18(25)11-13)21(28)19-20(14-5-7-15(26)8-6-14)27(24(30)22(19)29)12-16-4-3-9-32-16/h3-11,20,28H,12H2,1-2H3/b21-19+. The number of Topliss-reactive ketones (excluding diaryl/α,β-unsaturated/α-hetero) is 1. The zero-order valence-corrected chi connectivity index (χ0v) is 18.8. The summed E-state index contributed by atoms with van der Waals surface area (Å²) in [5.74, 6) is -2.22. The summed E-state index contributed by atoms with van der Waals surface area (Å²) in [7, 11) is 1.40. The average Bonchev–Trinajstić information content (AvgIpc) is 3.36. The third-order valence-electron chi connectivity index (χ3n) is 5.28. The Balaban J connectivity index is 1.93. The Labute approximate surface area is 193 Å². The van der Waals surface area contributed by atoms with Crippen molar-refractivity contribution in [1.82, 2.24) is 4.90 Å². The number of aliphatic hydroxyl groups is 1. The smallest absolute Gasteiger partial charge is 0.295 e. The van der Waals surface area contributed by atoms with Crippen molar-refractivity contribution in [3.8, 4) is 5.75 Å². The molecule has 1 aliphatic rings. The molecule has 1 unspecified atom stereocenters. The van der Waals surface area contributed by atoms with Crippen LogP contribution in [-0.4, -0.2) is 28.8 Å². The predicted molar refractivity (Wildman–Crippen MR) is 121 cm³/mol. The molecule has 0 saturated carbocycles. The Bertz CT molecular complexity index is 1220. The van der Waals surface area contributed by atoms with Gasteiger partial charge in [-0.3, -0.25) is 9.59 Å². The molecule has 4 rings (SSSR count). The predicted octanol–water partition coefficient (Wildman–Crippen LogP) is 5.48. The largest absolute Gasteiger partial charge is 0.507 e. The molecule has 2 aromatic carbocycles. The van der Waals surface area contributed by atoms with Gasteiger partial charge in [0.05, 0.1) is 35.9 Å². The molecule has 2 heterocycles. The average molecular weight is 472 g/mol. The lowest BCUT2D eigenvalue weighted by Crippen LogP contribution is -2.28. The molecular weight excluding hydrogens is 453 g/mol. The molecule has 1 amide bonds. The van der Waals surface area contributed by atoms with Gasteiger partial charge in [-0.15, -0.1) is 11.3 Å². The van der Waals surface area contributed by atoms with E-state index in [1.807, 2.05) is 17.5 Å². The van der Waals surface area contributed by atoms with Gasteiger partial charge < -0.3 is 14.7 Å². The summed E-state index contributed by atoms with van der Waals surface area (Å²) in [6.07, 6.45) is 0. The van der Waals surface area contributed by atoms with Crippen molar-refractivity contribution in [2.75, 3.05) is 7.11 Å². The third-order valence-corrected chi connectivity index (χ3v) is 6.42. The summed E-state index contributed by atoms with van der Waals surface area (Å²) in [6.45, 7) is 1.96. The van der Waals surface area contributed by atoms with Crippen LogP contribution in [0.5, 0.6) is 5.75 Å². The van der Waals surface area contributed by atoms with Gasteiger partial charge in [0, 0.05) is 4.88 Å². The van der Waals surface area contributed by atoms with Gasteiger partial charge in [0.25, 0.3) is 11.7 Å². The fourth-order valence-electron chi connectivity index (χ4n) is 3.86. The maximum absolute atomic E-state index is 13.6. The van der Waals surface area contributed by atoms with E-state index in [1.54, 1.807) is 19.1 Å². The molecule has 1 N–H and O–H groups in total. The van der Waals surface area contributed by atoms with Gasteiger partial charge in [0.2, 0.25) is 0 Å². The minimum Gasteiger partial charge on any atom is -0.507 e. The summed E-state index contributed by atoms with van der Waals surface area (Å²) in [6, 6.07) is 11.6. The van der Waals surface area contributed by atoms with Crippen LogP contribution < -0.4 is 4.74 Å². The van der Waals surface area contributed by atoms with Crippen molar-refractivity contribution in [1.29, 1.82) is 0 Å². The van der Waals surface area contributed by atoms with Crippen molar-refractivity contribution in [3.05, 3.63) is 91.9 Å². The topological polar surface area (TPSA) is 66.8 Å². The highest BCUT2D eigenvalue weighted by Crippen LogP contribution is 2.43. The number of thiophene rings is 1. The number of carbonyl (C=O) groups is 2. The number of amides is 1. The van der Waals surface area contributed by atoms with E-state index in [1.165, 1.54) is 47.6 Å². The van der Waals surface area contributed by atoms with E-state index < -0.39 is 29.3 Å². The van der Waals surface area contributed by atoms with Gasteiger partial charge in [-0.25, -0.2) is 4.39 Å².